The van der Waals surface area contributed by atoms with Crippen molar-refractivity contribution < 1.29 is 28.7 Å². The second-order valence-corrected chi connectivity index (χ2v) is 9.64. The molecular formula is C27H28N2O6. The van der Waals surface area contributed by atoms with Crippen LogP contribution in [0.15, 0.2) is 48.5 Å². The lowest BCUT2D eigenvalue weighted by Crippen LogP contribution is -2.30. The van der Waals surface area contributed by atoms with Crippen molar-refractivity contribution in [3.8, 4) is 11.5 Å². The van der Waals surface area contributed by atoms with Crippen molar-refractivity contribution >= 4 is 35.1 Å². The first kappa shape index (κ1) is 23.1. The molecule has 0 radical (unpaired) electrons. The van der Waals surface area contributed by atoms with E-state index in [1.807, 2.05) is 12.1 Å². The van der Waals surface area contributed by atoms with Crippen LogP contribution in [-0.2, 0) is 19.2 Å². The molecule has 2 aliphatic heterocycles. The van der Waals surface area contributed by atoms with Crippen molar-refractivity contribution in [3.63, 3.8) is 0 Å². The van der Waals surface area contributed by atoms with E-state index in [0.29, 0.717) is 28.8 Å². The van der Waals surface area contributed by atoms with Gasteiger partial charge >= 0.3 is 5.97 Å². The van der Waals surface area contributed by atoms with Crippen LogP contribution in [0, 0.1) is 23.7 Å². The average molecular weight is 477 g/mol. The Hall–Kier alpha value is -3.68. The van der Waals surface area contributed by atoms with Crippen molar-refractivity contribution in [1.29, 1.82) is 0 Å². The van der Waals surface area contributed by atoms with Gasteiger partial charge in [0.2, 0.25) is 17.7 Å². The minimum atomic E-state index is -0.612. The summed E-state index contributed by atoms with van der Waals surface area (Å²) in [7, 11) is 1.53. The quantitative estimate of drug-likeness (QED) is 0.372. The van der Waals surface area contributed by atoms with E-state index in [-0.39, 0.29) is 42.5 Å². The Balaban J connectivity index is 1.25. The van der Waals surface area contributed by atoms with E-state index >= 15 is 0 Å². The summed E-state index contributed by atoms with van der Waals surface area (Å²) in [4.78, 5) is 54.0. The summed E-state index contributed by atoms with van der Waals surface area (Å²) in [5, 5.41) is 0. The number of hydrogen-bond acceptors (Lipinski definition) is 6. The molecule has 2 aromatic rings. The summed E-state index contributed by atoms with van der Waals surface area (Å²) < 4.78 is 10.9. The molecule has 8 nitrogen and oxygen atoms in total. The first-order chi connectivity index (χ1) is 16.9. The van der Waals surface area contributed by atoms with E-state index in [1.54, 1.807) is 41.3 Å². The number of benzene rings is 2. The van der Waals surface area contributed by atoms with Crippen molar-refractivity contribution in [1.82, 2.24) is 0 Å². The SMILES string of the molecule is COc1ccccc1N1C[C@H](C(=O)Oc2ccc(N3C(=O)[C@@H]4CC[C@H](C)C[C@H]4C3=O)cc2)CC1=O. The number of carbonyl (C=O) groups is 4. The van der Waals surface area contributed by atoms with E-state index in [4.69, 9.17) is 9.47 Å². The minimum absolute atomic E-state index is 0.0486. The van der Waals surface area contributed by atoms with E-state index in [0.717, 1.165) is 19.3 Å². The maximum atomic E-state index is 12.9. The molecule has 0 N–H and O–H groups in total. The molecule has 2 heterocycles. The molecule has 2 saturated heterocycles. The molecule has 4 atom stereocenters. The molecule has 3 amide bonds. The topological polar surface area (TPSA) is 93.2 Å². The number of anilines is 2. The lowest BCUT2D eigenvalue weighted by molar-refractivity contribution is -0.139. The van der Waals surface area contributed by atoms with Gasteiger partial charge in [-0.2, -0.15) is 0 Å². The second-order valence-electron chi connectivity index (χ2n) is 9.64. The molecular weight excluding hydrogens is 448 g/mol. The number of rotatable bonds is 5. The average Bonchev–Trinajstić information content (AvgIpc) is 3.36. The smallest absolute Gasteiger partial charge is 0.316 e. The monoisotopic (exact) mass is 476 g/mol. The van der Waals surface area contributed by atoms with E-state index in [2.05, 4.69) is 6.92 Å². The third kappa shape index (κ3) is 4.17. The van der Waals surface area contributed by atoms with Crippen LogP contribution in [0.25, 0.3) is 0 Å². The predicted molar refractivity (Wildman–Crippen MR) is 128 cm³/mol. The molecule has 2 aromatic carbocycles. The third-order valence-electron chi connectivity index (χ3n) is 7.34. The maximum Gasteiger partial charge on any atom is 0.316 e. The highest BCUT2D eigenvalue weighted by molar-refractivity contribution is 6.22. The number of methoxy groups -OCH3 is 1. The van der Waals surface area contributed by atoms with E-state index < -0.39 is 11.9 Å². The molecule has 1 aliphatic carbocycles. The normalized spacial score (nSPS) is 26.2. The number of amides is 3. The number of para-hydroxylation sites is 2. The molecule has 8 heteroatoms. The molecule has 0 unspecified atom stereocenters. The van der Waals surface area contributed by atoms with Gasteiger partial charge < -0.3 is 14.4 Å². The molecule has 35 heavy (non-hydrogen) atoms. The Labute approximate surface area is 203 Å². The molecule has 182 valence electrons. The highest BCUT2D eigenvalue weighted by Gasteiger charge is 2.50. The van der Waals surface area contributed by atoms with Crippen LogP contribution in [0.5, 0.6) is 11.5 Å². The van der Waals surface area contributed by atoms with Gasteiger partial charge in [0.25, 0.3) is 0 Å². The van der Waals surface area contributed by atoms with Crippen molar-refractivity contribution in [2.45, 2.75) is 32.6 Å². The van der Waals surface area contributed by atoms with Gasteiger partial charge in [-0.1, -0.05) is 19.1 Å². The van der Waals surface area contributed by atoms with Gasteiger partial charge in [-0.25, -0.2) is 0 Å². The highest BCUT2D eigenvalue weighted by Crippen LogP contribution is 2.42. The standard InChI is InChI=1S/C27H28N2O6/c1-16-7-12-20-21(13-16)26(32)29(25(20)31)18-8-10-19(11-9-18)35-27(33)17-14-24(30)28(15-17)22-5-3-4-6-23(22)34-2/h3-6,8-11,16-17,20-21H,7,12-15H2,1-2H3/t16-,17+,20+,21+/m0/s1. The zero-order valence-corrected chi connectivity index (χ0v) is 19.8. The predicted octanol–water partition coefficient (Wildman–Crippen LogP) is 3.58. The molecule has 5 rings (SSSR count). The maximum absolute atomic E-state index is 12.9. The van der Waals surface area contributed by atoms with Gasteiger partial charge in [-0.15, -0.1) is 0 Å². The zero-order chi connectivity index (χ0) is 24.7. The number of hydrogen-bond donors (Lipinski definition) is 0. The Morgan fingerprint density at radius 2 is 1.66 bits per heavy atom. The van der Waals surface area contributed by atoms with Crippen LogP contribution in [-0.4, -0.2) is 37.3 Å². The second kappa shape index (κ2) is 9.17. The van der Waals surface area contributed by atoms with Crippen LogP contribution in [0.4, 0.5) is 11.4 Å². The minimum Gasteiger partial charge on any atom is -0.495 e. The Kier molecular flexibility index (Phi) is 6.05. The first-order valence-corrected chi connectivity index (χ1v) is 12.0. The van der Waals surface area contributed by atoms with Crippen molar-refractivity contribution in [3.05, 3.63) is 48.5 Å². The van der Waals surface area contributed by atoms with Crippen LogP contribution in [0.2, 0.25) is 0 Å². The lowest BCUT2D eigenvalue weighted by atomic mass is 9.76. The summed E-state index contributed by atoms with van der Waals surface area (Å²) in [5.41, 5.74) is 1.11. The molecule has 3 aliphatic rings. The van der Waals surface area contributed by atoms with E-state index in [1.165, 1.54) is 12.0 Å². The Morgan fingerprint density at radius 1 is 0.943 bits per heavy atom. The van der Waals surface area contributed by atoms with Gasteiger partial charge in [-0.05, 0) is 61.6 Å². The highest BCUT2D eigenvalue weighted by atomic mass is 16.5. The van der Waals surface area contributed by atoms with Crippen LogP contribution >= 0.6 is 0 Å². The number of nitrogens with zero attached hydrogens (tertiary/aromatic N) is 2. The summed E-state index contributed by atoms with van der Waals surface area (Å²) in [5.74, 6) is -0.745. The number of fused-ring (bicyclic) bond motifs is 1. The largest absolute Gasteiger partial charge is 0.495 e. The molecule has 1 saturated carbocycles. The van der Waals surface area contributed by atoms with Gasteiger partial charge in [-0.3, -0.25) is 24.1 Å². The summed E-state index contributed by atoms with van der Waals surface area (Å²) in [6, 6.07) is 13.6. The van der Waals surface area contributed by atoms with Gasteiger partial charge in [0.1, 0.15) is 11.5 Å². The lowest BCUT2D eigenvalue weighted by Gasteiger charge is -2.25. The number of carbonyl (C=O) groups excluding carboxylic acids is 4. The van der Waals surface area contributed by atoms with Gasteiger partial charge in [0, 0.05) is 13.0 Å². The number of ether oxygens (including phenoxy) is 2. The molecule has 3 fully saturated rings. The fraction of sp³-hybridized carbons (Fsp3) is 0.407. The molecule has 0 spiro atoms. The Bertz CT molecular complexity index is 1180. The number of imide groups is 1. The van der Waals surface area contributed by atoms with Crippen molar-refractivity contribution in [2.75, 3.05) is 23.5 Å². The molecule has 0 aromatic heterocycles. The summed E-state index contributed by atoms with van der Waals surface area (Å²) in [6.07, 6.45) is 2.50. The molecule has 0 bridgehead atoms. The van der Waals surface area contributed by atoms with Crippen LogP contribution in [0.3, 0.4) is 0 Å². The van der Waals surface area contributed by atoms with Crippen LogP contribution in [0.1, 0.15) is 32.6 Å². The first-order valence-electron chi connectivity index (χ1n) is 12.0. The van der Waals surface area contributed by atoms with Gasteiger partial charge in [0.05, 0.1) is 36.2 Å². The fourth-order valence-electron chi connectivity index (χ4n) is 5.46. The fourth-order valence-corrected chi connectivity index (χ4v) is 5.46. The van der Waals surface area contributed by atoms with Crippen molar-refractivity contribution in [2.24, 2.45) is 23.7 Å². The summed E-state index contributed by atoms with van der Waals surface area (Å²) >= 11 is 0. The van der Waals surface area contributed by atoms with Gasteiger partial charge in [0.15, 0.2) is 0 Å². The third-order valence-corrected chi connectivity index (χ3v) is 7.34. The Morgan fingerprint density at radius 3 is 2.40 bits per heavy atom. The van der Waals surface area contributed by atoms with Crippen LogP contribution < -0.4 is 19.3 Å². The zero-order valence-electron chi connectivity index (χ0n) is 19.8. The number of esters is 1. The summed E-state index contributed by atoms with van der Waals surface area (Å²) in [6.45, 7) is 2.32. The van der Waals surface area contributed by atoms with E-state index in [9.17, 15) is 19.2 Å².